The number of nitrogens with zero attached hydrogens (tertiary/aromatic N) is 3. The molecule has 0 aliphatic carbocycles. The molecule has 0 aromatic heterocycles. The van der Waals surface area contributed by atoms with Gasteiger partial charge in [-0.25, -0.2) is 0 Å². The summed E-state index contributed by atoms with van der Waals surface area (Å²) in [5.41, 5.74) is 1.16. The molecule has 29 heavy (non-hydrogen) atoms. The molecular weight excluding hydrogens is 481 g/mol. The third-order valence-electron chi connectivity index (χ3n) is 5.04. The van der Waals surface area contributed by atoms with E-state index in [4.69, 9.17) is 4.74 Å². The van der Waals surface area contributed by atoms with Crippen LogP contribution in [0, 0.1) is 5.92 Å². The second-order valence-corrected chi connectivity index (χ2v) is 7.51. The zero-order valence-corrected chi connectivity index (χ0v) is 20.4. The summed E-state index contributed by atoms with van der Waals surface area (Å²) in [5.74, 6) is 2.41. The lowest BCUT2D eigenvalue weighted by Gasteiger charge is -2.34. The minimum Gasteiger partial charge on any atom is -0.492 e. The van der Waals surface area contributed by atoms with Crippen LogP contribution in [0.1, 0.15) is 24.8 Å². The number of guanidine groups is 1. The van der Waals surface area contributed by atoms with E-state index in [1.54, 1.807) is 7.05 Å². The van der Waals surface area contributed by atoms with E-state index in [1.807, 2.05) is 33.3 Å². The molecule has 0 radical (unpaired) electrons. The number of hydrogen-bond donors (Lipinski definition) is 2. The molecule has 1 aliphatic heterocycles. The lowest BCUT2D eigenvalue weighted by molar-refractivity contribution is -0.121. The van der Waals surface area contributed by atoms with Gasteiger partial charge in [-0.05, 0) is 50.6 Å². The molecular formula is C21H36IN5O2. The molecule has 2 N–H and O–H groups in total. The third kappa shape index (κ3) is 9.20. The molecule has 7 nitrogen and oxygen atoms in total. The number of ether oxygens (including phenoxy) is 1. The lowest BCUT2D eigenvalue weighted by atomic mass is 9.93. The van der Waals surface area contributed by atoms with Gasteiger partial charge in [-0.2, -0.15) is 0 Å². The van der Waals surface area contributed by atoms with E-state index in [9.17, 15) is 4.79 Å². The molecule has 1 fully saturated rings. The number of likely N-dealkylation sites (N-methyl/N-ethyl adjacent to an activating group) is 1. The molecule has 0 saturated carbocycles. The van der Waals surface area contributed by atoms with Gasteiger partial charge >= 0.3 is 0 Å². The van der Waals surface area contributed by atoms with Gasteiger partial charge in [0.05, 0.1) is 0 Å². The number of hydrogen-bond acceptors (Lipinski definition) is 4. The number of nitrogens with one attached hydrogen (secondary N) is 2. The highest BCUT2D eigenvalue weighted by molar-refractivity contribution is 14.0. The van der Waals surface area contributed by atoms with E-state index in [0.717, 1.165) is 49.7 Å². The molecule has 0 bridgehead atoms. The maximum atomic E-state index is 11.6. The van der Waals surface area contributed by atoms with E-state index in [-0.39, 0.29) is 29.9 Å². The predicted octanol–water partition coefficient (Wildman–Crippen LogP) is 2.17. The SMILES string of the molecule is CN=C(NCc1cccc(OCCN(C)C)c1)N1CCC(CC(=O)NC)CC1.I. The Labute approximate surface area is 192 Å². The summed E-state index contributed by atoms with van der Waals surface area (Å²) in [6.07, 6.45) is 2.66. The molecule has 0 unspecified atom stereocenters. The Balaban J connectivity index is 0.00000420. The van der Waals surface area contributed by atoms with Gasteiger partial charge in [0, 0.05) is 46.7 Å². The molecule has 1 heterocycles. The Kier molecular flexibility index (Phi) is 12.0. The molecule has 1 aromatic carbocycles. The first kappa shape index (κ1) is 25.5. The van der Waals surface area contributed by atoms with Crippen LogP contribution in [0.25, 0.3) is 0 Å². The Hall–Kier alpha value is -1.55. The van der Waals surface area contributed by atoms with Crippen molar-refractivity contribution in [3.63, 3.8) is 0 Å². The Morgan fingerprint density at radius 1 is 1.31 bits per heavy atom. The summed E-state index contributed by atoms with van der Waals surface area (Å²) in [6.45, 7) is 4.13. The van der Waals surface area contributed by atoms with Gasteiger partial charge in [0.2, 0.25) is 5.91 Å². The van der Waals surface area contributed by atoms with Crippen molar-refractivity contribution in [3.8, 4) is 5.75 Å². The van der Waals surface area contributed by atoms with Crippen LogP contribution in [0.3, 0.4) is 0 Å². The van der Waals surface area contributed by atoms with Crippen LogP contribution in [0.2, 0.25) is 0 Å². The van der Waals surface area contributed by atoms with Gasteiger partial charge in [0.1, 0.15) is 12.4 Å². The van der Waals surface area contributed by atoms with Gasteiger partial charge in [-0.1, -0.05) is 12.1 Å². The van der Waals surface area contributed by atoms with E-state index >= 15 is 0 Å². The second-order valence-electron chi connectivity index (χ2n) is 7.51. The van der Waals surface area contributed by atoms with Crippen molar-refractivity contribution in [2.24, 2.45) is 10.9 Å². The Bertz CT molecular complexity index is 646. The zero-order valence-electron chi connectivity index (χ0n) is 18.1. The van der Waals surface area contributed by atoms with E-state index in [1.165, 1.54) is 0 Å². The number of amides is 1. The average Bonchev–Trinajstić information content (AvgIpc) is 2.69. The van der Waals surface area contributed by atoms with Crippen LogP contribution in [0.5, 0.6) is 5.75 Å². The van der Waals surface area contributed by atoms with E-state index in [0.29, 0.717) is 25.5 Å². The summed E-state index contributed by atoms with van der Waals surface area (Å²) in [5, 5.41) is 6.17. The molecule has 0 spiro atoms. The fourth-order valence-electron chi connectivity index (χ4n) is 3.32. The van der Waals surface area contributed by atoms with Gasteiger partial charge in [0.15, 0.2) is 5.96 Å². The highest BCUT2D eigenvalue weighted by atomic mass is 127. The molecule has 2 rings (SSSR count). The average molecular weight is 517 g/mol. The zero-order chi connectivity index (χ0) is 20.4. The van der Waals surface area contributed by atoms with Crippen molar-refractivity contribution in [3.05, 3.63) is 29.8 Å². The summed E-state index contributed by atoms with van der Waals surface area (Å²) in [6, 6.07) is 8.18. The fourth-order valence-corrected chi connectivity index (χ4v) is 3.32. The molecule has 1 aromatic rings. The summed E-state index contributed by atoms with van der Waals surface area (Å²) in [7, 11) is 7.60. The lowest BCUT2D eigenvalue weighted by Crippen LogP contribution is -2.45. The number of aliphatic imine (C=N–C) groups is 1. The van der Waals surface area contributed by atoms with Crippen LogP contribution in [-0.4, -0.2) is 76.1 Å². The number of likely N-dealkylation sites (tertiary alicyclic amines) is 1. The largest absolute Gasteiger partial charge is 0.492 e. The van der Waals surface area contributed by atoms with E-state index < -0.39 is 0 Å². The minimum atomic E-state index is 0. The smallest absolute Gasteiger partial charge is 0.220 e. The summed E-state index contributed by atoms with van der Waals surface area (Å²) < 4.78 is 5.82. The summed E-state index contributed by atoms with van der Waals surface area (Å²) in [4.78, 5) is 20.4. The quantitative estimate of drug-likeness (QED) is 0.315. The summed E-state index contributed by atoms with van der Waals surface area (Å²) >= 11 is 0. The second kappa shape index (κ2) is 13.6. The first-order chi connectivity index (χ1) is 13.5. The standard InChI is InChI=1S/C21H35N5O2.HI/c1-22-20(27)15-17-8-10-26(11-9-17)21(23-2)24-16-18-6-5-7-19(14-18)28-13-12-25(3)4;/h5-7,14,17H,8-13,15-16H2,1-4H3,(H,22,27)(H,23,24);1H. The number of carbonyl (C=O) groups excluding carboxylic acids is 1. The molecule has 1 amide bonds. The minimum absolute atomic E-state index is 0. The van der Waals surface area contributed by atoms with Crippen molar-refractivity contribution in [2.75, 3.05) is 54.4 Å². The number of benzene rings is 1. The van der Waals surface area contributed by atoms with Crippen LogP contribution >= 0.6 is 24.0 Å². The monoisotopic (exact) mass is 517 g/mol. The number of rotatable bonds is 8. The highest BCUT2D eigenvalue weighted by Gasteiger charge is 2.23. The van der Waals surface area contributed by atoms with Gasteiger partial charge < -0.3 is 25.2 Å². The van der Waals surface area contributed by atoms with Crippen molar-refractivity contribution >= 4 is 35.8 Å². The number of halogens is 1. The molecule has 164 valence electrons. The van der Waals surface area contributed by atoms with E-state index in [2.05, 4.69) is 37.6 Å². The maximum Gasteiger partial charge on any atom is 0.220 e. The maximum absolute atomic E-state index is 11.6. The third-order valence-corrected chi connectivity index (χ3v) is 5.04. The molecule has 1 aliphatic rings. The van der Waals surface area contributed by atoms with Crippen LogP contribution in [0.15, 0.2) is 29.3 Å². The molecule has 1 saturated heterocycles. The fraction of sp³-hybridized carbons (Fsp3) is 0.619. The number of carbonyl (C=O) groups is 1. The van der Waals surface area contributed by atoms with Crippen LogP contribution in [0.4, 0.5) is 0 Å². The van der Waals surface area contributed by atoms with Gasteiger partial charge in [-0.15, -0.1) is 24.0 Å². The van der Waals surface area contributed by atoms with Crippen molar-refractivity contribution in [1.29, 1.82) is 0 Å². The molecule has 8 heteroatoms. The highest BCUT2D eigenvalue weighted by Crippen LogP contribution is 2.20. The van der Waals surface area contributed by atoms with Crippen LogP contribution in [-0.2, 0) is 11.3 Å². The molecule has 0 atom stereocenters. The first-order valence-corrected chi connectivity index (χ1v) is 10.0. The van der Waals surface area contributed by atoms with Crippen molar-refractivity contribution in [1.82, 2.24) is 20.4 Å². The van der Waals surface area contributed by atoms with Gasteiger partial charge in [-0.3, -0.25) is 9.79 Å². The first-order valence-electron chi connectivity index (χ1n) is 10.0. The van der Waals surface area contributed by atoms with Gasteiger partial charge in [0.25, 0.3) is 0 Å². The normalized spacial score (nSPS) is 15.1. The van der Waals surface area contributed by atoms with Crippen molar-refractivity contribution < 1.29 is 9.53 Å². The van der Waals surface area contributed by atoms with Crippen LogP contribution < -0.4 is 15.4 Å². The Morgan fingerprint density at radius 3 is 2.66 bits per heavy atom. The Morgan fingerprint density at radius 2 is 2.03 bits per heavy atom. The predicted molar refractivity (Wildman–Crippen MR) is 129 cm³/mol. The van der Waals surface area contributed by atoms with Crippen molar-refractivity contribution in [2.45, 2.75) is 25.8 Å². The number of piperidine rings is 1. The topological polar surface area (TPSA) is 69.2 Å².